The van der Waals surface area contributed by atoms with Crippen molar-refractivity contribution in [3.05, 3.63) is 17.3 Å². The fraction of sp³-hybridized carbons (Fsp3) is 0.286. The van der Waals surface area contributed by atoms with E-state index in [0.717, 1.165) is 17.0 Å². The third-order valence-electron chi connectivity index (χ3n) is 1.64. The number of H-pyrrole nitrogens is 2. The van der Waals surface area contributed by atoms with Crippen LogP contribution in [0.1, 0.15) is 11.3 Å². The van der Waals surface area contributed by atoms with Gasteiger partial charge in [-0.1, -0.05) is 0 Å². The summed E-state index contributed by atoms with van der Waals surface area (Å²) < 4.78 is 0. The minimum absolute atomic E-state index is 0.650. The Morgan fingerprint density at radius 1 is 1.33 bits per heavy atom. The Balaban J connectivity index is 2.54. The molecule has 0 aliphatic heterocycles. The smallest absolute Gasteiger partial charge is 0.196 e. The molecule has 0 amide bonds. The van der Waals surface area contributed by atoms with Gasteiger partial charge in [0.25, 0.3) is 0 Å². The molecule has 2 heterocycles. The van der Waals surface area contributed by atoms with Gasteiger partial charge >= 0.3 is 0 Å². The molecule has 0 aromatic carbocycles. The highest BCUT2D eigenvalue weighted by atomic mass is 15.5. The highest BCUT2D eigenvalue weighted by Gasteiger charge is 2.07. The molecule has 2 rings (SSSR count). The quantitative estimate of drug-likeness (QED) is 0.645. The molecule has 0 spiro atoms. The summed E-state index contributed by atoms with van der Waals surface area (Å²) in [6.07, 6.45) is 0. The van der Waals surface area contributed by atoms with Crippen LogP contribution in [0.2, 0.25) is 0 Å². The summed E-state index contributed by atoms with van der Waals surface area (Å²) >= 11 is 0. The van der Waals surface area contributed by atoms with Gasteiger partial charge in [-0.15, -0.1) is 5.10 Å². The summed E-state index contributed by atoms with van der Waals surface area (Å²) in [5, 5.41) is 13.5. The molecular weight excluding hydrogens is 154 g/mol. The van der Waals surface area contributed by atoms with Gasteiger partial charge in [0.1, 0.15) is 0 Å². The highest BCUT2D eigenvalue weighted by molar-refractivity contribution is 5.54. The predicted octanol–water partition coefficient (Wildman–Crippen LogP) is 0.612. The van der Waals surface area contributed by atoms with Gasteiger partial charge in [-0.05, 0) is 29.8 Å². The van der Waals surface area contributed by atoms with Crippen LogP contribution in [0.3, 0.4) is 0 Å². The minimum atomic E-state index is 0.650. The van der Waals surface area contributed by atoms with Crippen molar-refractivity contribution >= 4 is 0 Å². The Morgan fingerprint density at radius 3 is 2.67 bits per heavy atom. The van der Waals surface area contributed by atoms with Crippen molar-refractivity contribution in [2.24, 2.45) is 0 Å². The molecule has 61 valence electrons. The van der Waals surface area contributed by atoms with Crippen LogP contribution in [0.4, 0.5) is 0 Å². The third-order valence-corrected chi connectivity index (χ3v) is 1.64. The van der Waals surface area contributed by atoms with E-state index in [4.69, 9.17) is 0 Å². The molecule has 1 radical (unpaired) electrons. The van der Waals surface area contributed by atoms with Crippen molar-refractivity contribution in [3.8, 4) is 11.5 Å². The van der Waals surface area contributed by atoms with Crippen molar-refractivity contribution in [2.75, 3.05) is 0 Å². The molecule has 0 saturated heterocycles. The molecule has 0 fully saturated rings. The number of tetrazole rings is 1. The molecule has 2 aromatic rings. The minimum Gasteiger partial charge on any atom is -0.355 e. The van der Waals surface area contributed by atoms with Crippen LogP contribution in [0.25, 0.3) is 11.5 Å². The first-order valence-corrected chi connectivity index (χ1v) is 3.60. The Bertz CT molecular complexity index is 372. The molecule has 0 aliphatic carbocycles. The van der Waals surface area contributed by atoms with Crippen molar-refractivity contribution in [1.82, 2.24) is 25.6 Å². The van der Waals surface area contributed by atoms with Gasteiger partial charge in [0, 0.05) is 11.8 Å². The first kappa shape index (κ1) is 7.02. The second kappa shape index (κ2) is 2.44. The van der Waals surface area contributed by atoms with E-state index in [1.807, 2.05) is 13.8 Å². The molecule has 0 bridgehead atoms. The molecule has 12 heavy (non-hydrogen) atoms. The van der Waals surface area contributed by atoms with Crippen LogP contribution in [0.5, 0.6) is 0 Å². The summed E-state index contributed by atoms with van der Waals surface area (Å²) in [6.45, 7) is 3.90. The Kier molecular flexibility index (Phi) is 1.43. The zero-order chi connectivity index (χ0) is 8.55. The number of aromatic nitrogens is 5. The number of rotatable bonds is 1. The maximum absolute atomic E-state index is 3.79. The maximum Gasteiger partial charge on any atom is 0.196 e. The number of hydrogen-bond acceptors (Lipinski definition) is 3. The van der Waals surface area contributed by atoms with Gasteiger partial charge in [-0.3, -0.25) is 0 Å². The van der Waals surface area contributed by atoms with E-state index < -0.39 is 0 Å². The van der Waals surface area contributed by atoms with Crippen LogP contribution < -0.4 is 0 Å². The summed E-state index contributed by atoms with van der Waals surface area (Å²) in [5.74, 6) is 0.650. The monoisotopic (exact) mass is 162 g/mol. The lowest BCUT2D eigenvalue weighted by atomic mass is 10.2. The van der Waals surface area contributed by atoms with Gasteiger partial charge in [0.05, 0.1) is 5.69 Å². The fourth-order valence-electron chi connectivity index (χ4n) is 1.16. The van der Waals surface area contributed by atoms with E-state index in [0.29, 0.717) is 5.82 Å². The molecular formula is C7H8N5. The number of aromatic amines is 2. The molecule has 0 unspecified atom stereocenters. The second-order valence-electron chi connectivity index (χ2n) is 2.62. The average Bonchev–Trinajstić information content (AvgIpc) is 2.58. The van der Waals surface area contributed by atoms with Crippen molar-refractivity contribution < 1.29 is 0 Å². The van der Waals surface area contributed by atoms with E-state index >= 15 is 0 Å². The largest absolute Gasteiger partial charge is 0.355 e. The summed E-state index contributed by atoms with van der Waals surface area (Å²) in [4.78, 5) is 3.12. The van der Waals surface area contributed by atoms with E-state index in [9.17, 15) is 0 Å². The molecule has 0 aliphatic rings. The fourth-order valence-corrected chi connectivity index (χ4v) is 1.16. The number of nitrogens with zero attached hydrogens (tertiary/aromatic N) is 3. The lowest BCUT2D eigenvalue weighted by Crippen LogP contribution is -1.83. The maximum atomic E-state index is 3.79. The van der Waals surface area contributed by atoms with Crippen molar-refractivity contribution in [1.29, 1.82) is 0 Å². The van der Waals surface area contributed by atoms with Gasteiger partial charge in [0.15, 0.2) is 5.82 Å². The van der Waals surface area contributed by atoms with Crippen LogP contribution in [0, 0.1) is 19.9 Å². The Morgan fingerprint density at radius 2 is 2.17 bits per heavy atom. The van der Waals surface area contributed by atoms with E-state index in [-0.39, 0.29) is 0 Å². The summed E-state index contributed by atoms with van der Waals surface area (Å²) in [6, 6.07) is 3.12. The number of hydrogen-bond donors (Lipinski definition) is 2. The first-order valence-electron chi connectivity index (χ1n) is 3.60. The van der Waals surface area contributed by atoms with E-state index in [1.54, 1.807) is 0 Å². The van der Waals surface area contributed by atoms with Crippen LogP contribution >= 0.6 is 0 Å². The second-order valence-corrected chi connectivity index (χ2v) is 2.62. The predicted molar refractivity (Wildman–Crippen MR) is 42.3 cm³/mol. The number of aryl methyl sites for hydroxylation is 2. The zero-order valence-corrected chi connectivity index (χ0v) is 6.84. The van der Waals surface area contributed by atoms with E-state index in [2.05, 4.69) is 31.7 Å². The van der Waals surface area contributed by atoms with Gasteiger partial charge < -0.3 is 4.98 Å². The molecule has 0 atom stereocenters. The molecule has 0 saturated carbocycles. The molecule has 5 nitrogen and oxygen atoms in total. The topological polar surface area (TPSA) is 70.2 Å². The lowest BCUT2D eigenvalue weighted by Gasteiger charge is -1.90. The van der Waals surface area contributed by atoms with Gasteiger partial charge in [0.2, 0.25) is 0 Å². The lowest BCUT2D eigenvalue weighted by molar-refractivity contribution is 0.881. The van der Waals surface area contributed by atoms with Crippen molar-refractivity contribution in [3.63, 3.8) is 0 Å². The summed E-state index contributed by atoms with van der Waals surface area (Å²) in [5.41, 5.74) is 2.91. The molecule has 5 heteroatoms. The average molecular weight is 162 g/mol. The SMILES string of the molecule is Cc1[c]c(C)c(-c2nnn[nH]2)[nH]1. The van der Waals surface area contributed by atoms with E-state index in [1.165, 1.54) is 0 Å². The normalized spacial score (nSPS) is 10.5. The van der Waals surface area contributed by atoms with Crippen LogP contribution in [-0.4, -0.2) is 25.6 Å². The standard InChI is InChI=1S/C7H8N5/c1-4-3-5(2)8-6(4)7-9-11-12-10-7/h8H,1-2H3,(H,9,10,11,12). The Labute approximate surface area is 69.2 Å². The zero-order valence-electron chi connectivity index (χ0n) is 6.84. The van der Waals surface area contributed by atoms with Crippen molar-refractivity contribution in [2.45, 2.75) is 13.8 Å². The first-order chi connectivity index (χ1) is 5.77. The van der Waals surface area contributed by atoms with Gasteiger partial charge in [-0.2, -0.15) is 0 Å². The molecule has 2 N–H and O–H groups in total. The summed E-state index contributed by atoms with van der Waals surface area (Å²) in [7, 11) is 0. The van der Waals surface area contributed by atoms with Crippen LogP contribution in [0.15, 0.2) is 0 Å². The molecule has 2 aromatic heterocycles. The Hall–Kier alpha value is -1.65. The highest BCUT2D eigenvalue weighted by Crippen LogP contribution is 2.16. The van der Waals surface area contributed by atoms with Gasteiger partial charge in [-0.25, -0.2) is 5.10 Å². The van der Waals surface area contributed by atoms with Crippen LogP contribution in [-0.2, 0) is 0 Å². The number of nitrogens with one attached hydrogen (secondary N) is 2. The third kappa shape index (κ3) is 0.990.